The molecule has 30 heavy (non-hydrogen) atoms. The Kier molecular flexibility index (Phi) is 6.77. The molecule has 0 spiro atoms. The largest absolute Gasteiger partial charge is 0.355 e. The number of amides is 1. The lowest BCUT2D eigenvalue weighted by Crippen LogP contribution is -2.39. The zero-order valence-corrected chi connectivity index (χ0v) is 18.5. The number of aryl methyl sites for hydroxylation is 4. The van der Waals surface area contributed by atoms with E-state index < -0.39 is 10.0 Å². The smallest absolute Gasteiger partial charge is 0.345 e. The number of aromatic nitrogens is 3. The van der Waals surface area contributed by atoms with Crippen LogP contribution in [0.5, 0.6) is 0 Å². The highest BCUT2D eigenvalue weighted by molar-refractivity contribution is 7.89. The number of rotatable bonds is 8. The molecule has 0 bridgehead atoms. The van der Waals surface area contributed by atoms with Gasteiger partial charge in [0.2, 0.25) is 15.9 Å². The van der Waals surface area contributed by atoms with Crippen molar-refractivity contribution in [2.75, 3.05) is 20.1 Å². The monoisotopic (exact) mass is 435 g/mol. The van der Waals surface area contributed by atoms with Crippen molar-refractivity contribution in [2.45, 2.75) is 57.5 Å². The van der Waals surface area contributed by atoms with Crippen LogP contribution in [0.1, 0.15) is 36.2 Å². The normalized spacial score (nSPS) is 14.0. The first kappa shape index (κ1) is 22.2. The van der Waals surface area contributed by atoms with Gasteiger partial charge in [-0.3, -0.25) is 9.36 Å². The summed E-state index contributed by atoms with van der Waals surface area (Å²) in [6.45, 7) is 4.96. The van der Waals surface area contributed by atoms with Crippen LogP contribution < -0.4 is 11.0 Å². The molecule has 0 radical (unpaired) electrons. The summed E-state index contributed by atoms with van der Waals surface area (Å²) in [6, 6.07) is 4.92. The summed E-state index contributed by atoms with van der Waals surface area (Å²) in [4.78, 5) is 24.6. The number of benzene rings is 1. The van der Waals surface area contributed by atoms with Gasteiger partial charge in [-0.25, -0.2) is 17.9 Å². The molecule has 0 atom stereocenters. The molecular weight excluding hydrogens is 406 g/mol. The number of carbonyl (C=O) groups excluding carboxylic acids is 1. The van der Waals surface area contributed by atoms with Gasteiger partial charge in [0, 0.05) is 33.1 Å². The van der Waals surface area contributed by atoms with E-state index >= 15 is 0 Å². The molecular formula is C20H29N5O4S. The molecule has 0 saturated carbocycles. The average Bonchev–Trinajstić information content (AvgIpc) is 3.03. The van der Waals surface area contributed by atoms with Crippen molar-refractivity contribution in [1.29, 1.82) is 0 Å². The molecule has 0 aliphatic carbocycles. The third kappa shape index (κ3) is 4.81. The topological polar surface area (TPSA) is 106 Å². The van der Waals surface area contributed by atoms with Gasteiger partial charge in [-0.15, -0.1) is 0 Å². The molecule has 0 unspecified atom stereocenters. The third-order valence-electron chi connectivity index (χ3n) is 5.45. The Morgan fingerprint density at radius 3 is 2.70 bits per heavy atom. The molecule has 9 nitrogen and oxygen atoms in total. The van der Waals surface area contributed by atoms with Gasteiger partial charge in [-0.05, 0) is 56.4 Å². The van der Waals surface area contributed by atoms with Crippen molar-refractivity contribution >= 4 is 15.9 Å². The van der Waals surface area contributed by atoms with Crippen LogP contribution in [0.4, 0.5) is 0 Å². The molecule has 0 fully saturated rings. The van der Waals surface area contributed by atoms with Crippen LogP contribution in [0.2, 0.25) is 0 Å². The predicted molar refractivity (Wildman–Crippen MR) is 113 cm³/mol. The molecule has 2 heterocycles. The Balaban J connectivity index is 1.49. The van der Waals surface area contributed by atoms with Crippen LogP contribution >= 0.6 is 0 Å². The Bertz CT molecular complexity index is 1090. The summed E-state index contributed by atoms with van der Waals surface area (Å²) < 4.78 is 29.6. The molecule has 3 rings (SSSR count). The van der Waals surface area contributed by atoms with Gasteiger partial charge in [0.25, 0.3) is 0 Å². The maximum absolute atomic E-state index is 12.7. The van der Waals surface area contributed by atoms with Crippen LogP contribution in [-0.4, -0.2) is 53.1 Å². The molecule has 1 N–H and O–H groups in total. The first-order valence-corrected chi connectivity index (χ1v) is 11.6. The van der Waals surface area contributed by atoms with E-state index in [1.165, 1.54) is 11.7 Å². The average molecular weight is 436 g/mol. The van der Waals surface area contributed by atoms with Crippen molar-refractivity contribution in [3.8, 4) is 0 Å². The van der Waals surface area contributed by atoms with Crippen LogP contribution in [-0.2, 0) is 34.3 Å². The predicted octanol–water partition coefficient (Wildman–Crippen LogP) is 0.825. The number of hydrogen-bond donors (Lipinski definition) is 1. The molecule has 2 aromatic rings. The van der Waals surface area contributed by atoms with Gasteiger partial charge in [0.15, 0.2) is 0 Å². The van der Waals surface area contributed by atoms with E-state index in [9.17, 15) is 18.0 Å². The maximum atomic E-state index is 12.7. The van der Waals surface area contributed by atoms with Crippen molar-refractivity contribution in [2.24, 2.45) is 0 Å². The Labute approximate surface area is 176 Å². The number of nitrogens with one attached hydrogen (secondary N) is 1. The standard InChI is InChI=1S/C20H29N5O4S/c1-15-8-9-17(13-16(15)2)30(28,29)23(3)14-19(26)21-10-6-12-25-20(27)24-11-5-4-7-18(24)22-25/h8-9,13H,4-7,10-12,14H2,1-3H3,(H,21,26). The number of carbonyl (C=O) groups is 1. The lowest BCUT2D eigenvalue weighted by molar-refractivity contribution is -0.121. The minimum atomic E-state index is -3.74. The van der Waals surface area contributed by atoms with Gasteiger partial charge in [-0.1, -0.05) is 6.07 Å². The third-order valence-corrected chi connectivity index (χ3v) is 7.25. The Hall–Kier alpha value is -2.46. The number of likely N-dealkylation sites (N-methyl/N-ethyl adjacent to an activating group) is 1. The Morgan fingerprint density at radius 1 is 1.23 bits per heavy atom. The zero-order valence-electron chi connectivity index (χ0n) is 17.7. The van der Waals surface area contributed by atoms with Crippen molar-refractivity contribution in [3.63, 3.8) is 0 Å². The summed E-state index contributed by atoms with van der Waals surface area (Å²) >= 11 is 0. The van der Waals surface area contributed by atoms with Crippen LogP contribution in [0.3, 0.4) is 0 Å². The fourth-order valence-corrected chi connectivity index (χ4v) is 4.66. The maximum Gasteiger partial charge on any atom is 0.345 e. The van der Waals surface area contributed by atoms with E-state index in [0.29, 0.717) is 26.1 Å². The highest BCUT2D eigenvalue weighted by atomic mass is 32.2. The second-order valence-corrected chi connectivity index (χ2v) is 9.79. The second-order valence-electron chi connectivity index (χ2n) is 7.74. The highest BCUT2D eigenvalue weighted by Crippen LogP contribution is 2.18. The molecule has 10 heteroatoms. The molecule has 0 saturated heterocycles. The van der Waals surface area contributed by atoms with Gasteiger partial charge < -0.3 is 5.32 Å². The summed E-state index contributed by atoms with van der Waals surface area (Å²) in [6.07, 6.45) is 3.40. The van der Waals surface area contributed by atoms with Crippen molar-refractivity contribution in [3.05, 3.63) is 45.6 Å². The van der Waals surface area contributed by atoms with E-state index in [0.717, 1.165) is 40.5 Å². The lowest BCUT2D eigenvalue weighted by atomic mass is 10.1. The number of nitrogens with zero attached hydrogens (tertiary/aromatic N) is 4. The molecule has 164 valence electrons. The Morgan fingerprint density at radius 2 is 2.00 bits per heavy atom. The van der Waals surface area contributed by atoms with E-state index in [1.807, 2.05) is 13.8 Å². The quantitative estimate of drug-likeness (QED) is 0.618. The second kappa shape index (κ2) is 9.13. The fourth-order valence-electron chi connectivity index (χ4n) is 3.45. The minimum Gasteiger partial charge on any atom is -0.355 e. The number of fused-ring (bicyclic) bond motifs is 1. The molecule has 1 aliphatic rings. The highest BCUT2D eigenvalue weighted by Gasteiger charge is 2.23. The molecule has 1 amide bonds. The van der Waals surface area contributed by atoms with Crippen molar-refractivity contribution < 1.29 is 13.2 Å². The van der Waals surface area contributed by atoms with Gasteiger partial charge in [0.05, 0.1) is 11.4 Å². The van der Waals surface area contributed by atoms with E-state index in [4.69, 9.17) is 0 Å². The van der Waals surface area contributed by atoms with Gasteiger partial charge in [0.1, 0.15) is 5.82 Å². The van der Waals surface area contributed by atoms with Gasteiger partial charge >= 0.3 is 5.69 Å². The number of hydrogen-bond acceptors (Lipinski definition) is 5. The van der Waals surface area contributed by atoms with E-state index in [1.54, 1.807) is 22.8 Å². The molecule has 1 aromatic heterocycles. The molecule has 1 aromatic carbocycles. The SMILES string of the molecule is Cc1ccc(S(=O)(=O)N(C)CC(=O)NCCCn2nc3n(c2=O)CCCC3)cc1C. The lowest BCUT2D eigenvalue weighted by Gasteiger charge is -2.17. The summed E-state index contributed by atoms with van der Waals surface area (Å²) in [7, 11) is -2.35. The summed E-state index contributed by atoms with van der Waals surface area (Å²) in [5, 5.41) is 7.08. The summed E-state index contributed by atoms with van der Waals surface area (Å²) in [5.74, 6) is 0.440. The van der Waals surface area contributed by atoms with Gasteiger partial charge in [-0.2, -0.15) is 9.40 Å². The molecule has 1 aliphatic heterocycles. The van der Waals surface area contributed by atoms with Crippen LogP contribution in [0, 0.1) is 13.8 Å². The van der Waals surface area contributed by atoms with Crippen LogP contribution in [0.25, 0.3) is 0 Å². The minimum absolute atomic E-state index is 0.102. The first-order chi connectivity index (χ1) is 14.2. The zero-order chi connectivity index (χ0) is 21.9. The number of sulfonamides is 1. The van der Waals surface area contributed by atoms with E-state index in [-0.39, 0.29) is 23.0 Å². The summed E-state index contributed by atoms with van der Waals surface area (Å²) in [5.41, 5.74) is 1.78. The first-order valence-electron chi connectivity index (χ1n) is 10.2. The van der Waals surface area contributed by atoms with Crippen molar-refractivity contribution in [1.82, 2.24) is 24.0 Å². The van der Waals surface area contributed by atoms with E-state index in [2.05, 4.69) is 10.4 Å². The fraction of sp³-hybridized carbons (Fsp3) is 0.550. The van der Waals surface area contributed by atoms with Crippen LogP contribution in [0.15, 0.2) is 27.9 Å².